The number of hydrogen-bond acceptors (Lipinski definition) is 6. The van der Waals surface area contributed by atoms with E-state index >= 15 is 0 Å². The number of rotatable bonds is 0. The number of carbonyl (C=O) groups is 1. The summed E-state index contributed by atoms with van der Waals surface area (Å²) in [6.07, 6.45) is 8.64. The molecular weight excluding hydrogens is 384 g/mol. The molecule has 0 aromatic carbocycles. The Balaban J connectivity index is 1.43. The van der Waals surface area contributed by atoms with Gasteiger partial charge in [0.05, 0.1) is 6.10 Å². The molecule has 6 nitrogen and oxygen atoms in total. The van der Waals surface area contributed by atoms with Gasteiger partial charge in [-0.3, -0.25) is 4.79 Å². The second kappa shape index (κ2) is 6.04. The van der Waals surface area contributed by atoms with E-state index in [0.29, 0.717) is 30.8 Å². The van der Waals surface area contributed by atoms with E-state index in [1.165, 1.54) is 5.57 Å². The van der Waals surface area contributed by atoms with Gasteiger partial charge in [0.15, 0.2) is 19.4 Å². The molecule has 0 amide bonds. The number of allylic oxidation sites excluding steroid dienone is 4. The van der Waals surface area contributed by atoms with Crippen molar-refractivity contribution in [2.45, 2.75) is 63.9 Å². The predicted molar refractivity (Wildman–Crippen MR) is 107 cm³/mol. The number of aliphatic hydroxyl groups excluding tert-OH is 1. The Morgan fingerprint density at radius 3 is 2.73 bits per heavy atom. The molecule has 1 unspecified atom stereocenters. The molecule has 2 heterocycles. The summed E-state index contributed by atoms with van der Waals surface area (Å²) in [5, 5.41) is 11.6. The molecule has 9 atom stereocenters. The van der Waals surface area contributed by atoms with Gasteiger partial charge in [-0.25, -0.2) is 0 Å². The van der Waals surface area contributed by atoms with E-state index in [1.807, 2.05) is 6.08 Å². The van der Waals surface area contributed by atoms with Crippen molar-refractivity contribution in [2.24, 2.45) is 34.5 Å². The largest absolute Gasteiger partial charge is 0.393 e. The molecule has 2 saturated heterocycles. The van der Waals surface area contributed by atoms with E-state index in [2.05, 4.69) is 26.8 Å². The Morgan fingerprint density at radius 2 is 1.97 bits per heavy atom. The first-order chi connectivity index (χ1) is 14.3. The zero-order valence-electron chi connectivity index (χ0n) is 18.1. The number of fused-ring (bicyclic) bond motifs is 7. The number of carbonyl (C=O) groups excluding carboxylic acids is 1. The van der Waals surface area contributed by atoms with Gasteiger partial charge in [0.25, 0.3) is 0 Å². The zero-order valence-corrected chi connectivity index (χ0v) is 18.1. The highest BCUT2D eigenvalue weighted by Crippen LogP contribution is 2.71. The minimum absolute atomic E-state index is 0.0690. The van der Waals surface area contributed by atoms with Gasteiger partial charge in [-0.2, -0.15) is 0 Å². The van der Waals surface area contributed by atoms with Gasteiger partial charge in [0, 0.05) is 16.7 Å². The van der Waals surface area contributed by atoms with Crippen LogP contribution in [0.2, 0.25) is 0 Å². The zero-order chi connectivity index (χ0) is 20.9. The second-order valence-corrected chi connectivity index (χ2v) is 10.9. The minimum atomic E-state index is -0.866. The van der Waals surface area contributed by atoms with Gasteiger partial charge in [0.2, 0.25) is 5.79 Å². The molecule has 4 aliphatic carbocycles. The molecule has 0 radical (unpaired) electrons. The lowest BCUT2D eigenvalue weighted by Gasteiger charge is -2.61. The molecule has 3 saturated carbocycles. The Labute approximate surface area is 177 Å². The molecule has 30 heavy (non-hydrogen) atoms. The lowest BCUT2D eigenvalue weighted by Crippen LogP contribution is -2.66. The van der Waals surface area contributed by atoms with Crippen molar-refractivity contribution in [1.29, 1.82) is 0 Å². The van der Waals surface area contributed by atoms with Gasteiger partial charge >= 0.3 is 0 Å². The van der Waals surface area contributed by atoms with Crippen molar-refractivity contribution in [3.05, 3.63) is 23.8 Å². The molecule has 0 aromatic rings. The summed E-state index contributed by atoms with van der Waals surface area (Å²) in [6, 6.07) is 0. The summed E-state index contributed by atoms with van der Waals surface area (Å²) in [5.41, 5.74) is 0.0653. The Hall–Kier alpha value is -1.05. The van der Waals surface area contributed by atoms with E-state index in [1.54, 1.807) is 6.08 Å². The third-order valence-corrected chi connectivity index (χ3v) is 9.82. The fourth-order valence-electron chi connectivity index (χ4n) is 8.72. The van der Waals surface area contributed by atoms with Crippen molar-refractivity contribution >= 4 is 5.78 Å². The molecule has 6 aliphatic rings. The van der Waals surface area contributed by atoms with Crippen LogP contribution in [0, 0.1) is 34.5 Å². The van der Waals surface area contributed by atoms with Gasteiger partial charge in [-0.15, -0.1) is 0 Å². The first-order valence-corrected chi connectivity index (χ1v) is 11.4. The number of aliphatic hydroxyl groups is 1. The first kappa shape index (κ1) is 19.6. The van der Waals surface area contributed by atoms with Crippen LogP contribution >= 0.6 is 0 Å². The van der Waals surface area contributed by atoms with Crippen LogP contribution in [-0.2, 0) is 23.7 Å². The maximum absolute atomic E-state index is 12.1. The summed E-state index contributed by atoms with van der Waals surface area (Å²) in [7, 11) is 0. The lowest BCUT2D eigenvalue weighted by atomic mass is 9.44. The maximum atomic E-state index is 12.1. The van der Waals surface area contributed by atoms with Crippen LogP contribution in [-0.4, -0.2) is 48.6 Å². The topological polar surface area (TPSA) is 74.2 Å². The fourth-order valence-corrected chi connectivity index (χ4v) is 8.72. The van der Waals surface area contributed by atoms with Gasteiger partial charge < -0.3 is 24.1 Å². The van der Waals surface area contributed by atoms with Crippen molar-refractivity contribution in [1.82, 2.24) is 0 Å². The summed E-state index contributed by atoms with van der Waals surface area (Å²) < 4.78 is 24.1. The summed E-state index contributed by atoms with van der Waals surface area (Å²) in [6.45, 7) is 7.55. The van der Waals surface area contributed by atoms with Crippen molar-refractivity contribution in [2.75, 3.05) is 20.2 Å². The molecule has 5 fully saturated rings. The number of ketones is 1. The summed E-state index contributed by atoms with van der Waals surface area (Å²) in [5.74, 6) is 0.389. The van der Waals surface area contributed by atoms with Gasteiger partial charge in [-0.1, -0.05) is 32.4 Å². The van der Waals surface area contributed by atoms with E-state index in [-0.39, 0.29) is 36.1 Å². The molecule has 6 rings (SSSR count). The van der Waals surface area contributed by atoms with E-state index in [4.69, 9.17) is 18.9 Å². The Bertz CT molecular complexity index is 837. The molecule has 1 N–H and O–H groups in total. The molecule has 0 bridgehead atoms. The molecule has 2 aliphatic heterocycles. The molecule has 164 valence electrons. The quantitative estimate of drug-likeness (QED) is 0.655. The maximum Gasteiger partial charge on any atom is 0.226 e. The number of ether oxygens (including phenoxy) is 4. The second-order valence-electron chi connectivity index (χ2n) is 10.9. The highest BCUT2D eigenvalue weighted by molar-refractivity contribution is 6.01. The lowest BCUT2D eigenvalue weighted by molar-refractivity contribution is -0.257. The van der Waals surface area contributed by atoms with Crippen molar-refractivity contribution < 1.29 is 28.8 Å². The highest BCUT2D eigenvalue weighted by Gasteiger charge is 2.76. The average molecular weight is 417 g/mol. The van der Waals surface area contributed by atoms with Crippen molar-refractivity contribution in [3.63, 3.8) is 0 Å². The van der Waals surface area contributed by atoms with Crippen LogP contribution in [0.5, 0.6) is 0 Å². The van der Waals surface area contributed by atoms with Gasteiger partial charge in [0.1, 0.15) is 12.2 Å². The van der Waals surface area contributed by atoms with Crippen LogP contribution in [0.15, 0.2) is 23.8 Å². The van der Waals surface area contributed by atoms with Crippen LogP contribution in [0.4, 0.5) is 0 Å². The van der Waals surface area contributed by atoms with Gasteiger partial charge in [-0.05, 0) is 55.6 Å². The fraction of sp³-hybridized carbons (Fsp3) is 0.792. The Kier molecular flexibility index (Phi) is 3.95. The predicted octanol–water partition coefficient (Wildman–Crippen LogP) is 2.95. The minimum Gasteiger partial charge on any atom is -0.393 e. The third kappa shape index (κ3) is 2.10. The summed E-state index contributed by atoms with van der Waals surface area (Å²) in [4.78, 5) is 12.1. The molecule has 6 heteroatoms. The van der Waals surface area contributed by atoms with Crippen LogP contribution in [0.3, 0.4) is 0 Å². The van der Waals surface area contributed by atoms with Crippen molar-refractivity contribution in [3.8, 4) is 0 Å². The molecule has 2 spiro atoms. The summed E-state index contributed by atoms with van der Waals surface area (Å²) >= 11 is 0. The first-order valence-electron chi connectivity index (χ1n) is 11.4. The van der Waals surface area contributed by atoms with E-state index in [9.17, 15) is 9.90 Å². The SMILES string of the molecule is C[C@H]1C[C@@H]2[C@H]([C@@H](O)C[C@@]3(C)[C@H]2CC[C@@]32OCOC23COCO3)[C@@]2(C)C=CC(=O)C=C12. The monoisotopic (exact) mass is 416 g/mol. The average Bonchev–Trinajstić information content (AvgIpc) is 3.38. The van der Waals surface area contributed by atoms with Crippen LogP contribution in [0.25, 0.3) is 0 Å². The normalized spacial score (nSPS) is 56.9. The standard InChI is InChI=1S/C24H32O6/c1-14-8-16-17-5-7-23(24(30-13-28-23)11-27-12-29-24)22(17,3)10-19(26)20(16)21(2)6-4-15(25)9-18(14)21/h4,6,9,14,16-17,19-20,26H,5,7-8,10-13H2,1-3H3/t14-,16-,17-,19-,20+,21-,22-,23+,24?/m0/s1. The number of hydrogen-bond donors (Lipinski definition) is 1. The molecule has 0 aromatic heterocycles. The highest BCUT2D eigenvalue weighted by atomic mass is 16.9. The Morgan fingerprint density at radius 1 is 1.17 bits per heavy atom. The van der Waals surface area contributed by atoms with Crippen LogP contribution < -0.4 is 0 Å². The third-order valence-electron chi connectivity index (χ3n) is 9.82. The smallest absolute Gasteiger partial charge is 0.226 e. The molecular formula is C24H32O6. The van der Waals surface area contributed by atoms with E-state index < -0.39 is 17.5 Å². The van der Waals surface area contributed by atoms with E-state index in [0.717, 1.165) is 19.3 Å². The van der Waals surface area contributed by atoms with Crippen LogP contribution in [0.1, 0.15) is 46.5 Å².